The van der Waals surface area contributed by atoms with E-state index in [1.807, 2.05) is 13.8 Å². The number of fused-ring (bicyclic) bond motifs is 3. The molecule has 3 aliphatic carbocycles. The number of hydrogen-bond acceptors (Lipinski definition) is 2. The Morgan fingerprint density at radius 3 is 0.784 bits per heavy atom. The lowest BCUT2D eigenvalue weighted by Gasteiger charge is -2.18. The molecule has 0 radical (unpaired) electrons. The predicted octanol–water partition coefficient (Wildman–Crippen LogP) is 11.8. The monoisotopic (exact) mass is 694 g/mol. The van der Waals surface area contributed by atoms with Crippen molar-refractivity contribution in [2.45, 2.75) is 134 Å². The SMILES string of the molecule is CC1=C(C)Cc2ccccc2C1.CC1=C(C)Cc2ccccc2C1.CC1=C(C)Cc2ccccc2C1.CCC.CCC(=O)O.CCNC(=O)CC. The van der Waals surface area contributed by atoms with Crippen molar-refractivity contribution in [2.75, 3.05) is 6.54 Å². The van der Waals surface area contributed by atoms with Gasteiger partial charge in [0.05, 0.1) is 0 Å². The van der Waals surface area contributed by atoms with Crippen molar-refractivity contribution in [3.05, 3.63) is 140 Å². The number of amides is 1. The molecule has 2 N–H and O–H groups in total. The number of carbonyl (C=O) groups is 2. The van der Waals surface area contributed by atoms with Gasteiger partial charge in [0, 0.05) is 19.4 Å². The molecule has 0 fully saturated rings. The van der Waals surface area contributed by atoms with Crippen LogP contribution in [-0.4, -0.2) is 23.5 Å². The molecule has 0 saturated heterocycles. The van der Waals surface area contributed by atoms with Crippen molar-refractivity contribution < 1.29 is 14.7 Å². The maximum absolute atomic E-state index is 10.3. The highest BCUT2D eigenvalue weighted by Gasteiger charge is 2.12. The first-order chi connectivity index (χ1) is 24.3. The fourth-order valence-corrected chi connectivity index (χ4v) is 5.65. The standard InChI is InChI=1S/3C12H14.C5H11NO.C3H6O2.C3H8/c3*1-9-7-11-5-3-4-6-12(11)8-10(9)2;1-3-5(7)6-4-2;1-2-3(4)5;1-3-2/h3*3-6H,7-8H2,1-2H3;3-4H2,1-2H3,(H,6,7);2H2,1H3,(H,4,5);3H2,1-2H3. The second kappa shape index (κ2) is 24.9. The van der Waals surface area contributed by atoms with Crippen LogP contribution in [0.25, 0.3) is 0 Å². The summed E-state index contributed by atoms with van der Waals surface area (Å²) in [5, 5.41) is 10.4. The minimum Gasteiger partial charge on any atom is -0.481 e. The average Bonchev–Trinajstić information content (AvgIpc) is 3.11. The molecule has 4 heteroatoms. The van der Waals surface area contributed by atoms with Crippen LogP contribution in [0.15, 0.2) is 106 Å². The molecule has 3 aromatic rings. The minimum absolute atomic E-state index is 0.127. The van der Waals surface area contributed by atoms with Gasteiger partial charge in [0.25, 0.3) is 0 Å². The number of nitrogens with one attached hydrogen (secondary N) is 1. The van der Waals surface area contributed by atoms with Crippen molar-refractivity contribution in [3.8, 4) is 0 Å². The topological polar surface area (TPSA) is 66.4 Å². The van der Waals surface area contributed by atoms with E-state index in [1.54, 1.807) is 40.4 Å². The Morgan fingerprint density at radius 1 is 0.471 bits per heavy atom. The maximum Gasteiger partial charge on any atom is 0.303 e. The molecule has 0 spiro atoms. The maximum atomic E-state index is 10.3. The third kappa shape index (κ3) is 17.1. The number of carboxylic acid groups (broad SMARTS) is 1. The van der Waals surface area contributed by atoms with E-state index in [1.165, 1.54) is 39.8 Å². The van der Waals surface area contributed by atoms with Gasteiger partial charge in [0.15, 0.2) is 0 Å². The number of carboxylic acids is 1. The normalized spacial score (nSPS) is 13.6. The largest absolute Gasteiger partial charge is 0.481 e. The zero-order valence-corrected chi connectivity index (χ0v) is 33.8. The molecule has 0 saturated carbocycles. The summed E-state index contributed by atoms with van der Waals surface area (Å²) in [6.07, 6.45) is 8.99. The summed E-state index contributed by atoms with van der Waals surface area (Å²) >= 11 is 0. The van der Waals surface area contributed by atoms with Gasteiger partial charge in [-0.1, -0.05) is 140 Å². The van der Waals surface area contributed by atoms with Gasteiger partial charge in [-0.15, -0.1) is 0 Å². The van der Waals surface area contributed by atoms with Crippen LogP contribution in [-0.2, 0) is 48.1 Å². The van der Waals surface area contributed by atoms with Crippen molar-refractivity contribution in [1.82, 2.24) is 5.32 Å². The summed E-state index contributed by atoms with van der Waals surface area (Å²) in [5.74, 6) is -0.618. The fourth-order valence-electron chi connectivity index (χ4n) is 5.65. The van der Waals surface area contributed by atoms with Crippen LogP contribution in [0, 0.1) is 0 Å². The minimum atomic E-state index is -0.745. The first-order valence-corrected chi connectivity index (χ1v) is 19.0. The second-order valence-electron chi connectivity index (χ2n) is 13.8. The molecule has 51 heavy (non-hydrogen) atoms. The first-order valence-electron chi connectivity index (χ1n) is 19.0. The summed E-state index contributed by atoms with van der Waals surface area (Å²) in [6.45, 7) is 23.8. The van der Waals surface area contributed by atoms with E-state index in [4.69, 9.17) is 5.11 Å². The number of allylic oxidation sites excluding steroid dienone is 6. The van der Waals surface area contributed by atoms with Crippen LogP contribution in [0.1, 0.15) is 129 Å². The van der Waals surface area contributed by atoms with Crippen molar-refractivity contribution in [3.63, 3.8) is 0 Å². The van der Waals surface area contributed by atoms with Gasteiger partial charge in [-0.3, -0.25) is 9.59 Å². The van der Waals surface area contributed by atoms with Gasteiger partial charge in [-0.25, -0.2) is 0 Å². The molecule has 3 aromatic carbocycles. The molecule has 4 nitrogen and oxygen atoms in total. The molecule has 6 rings (SSSR count). The van der Waals surface area contributed by atoms with Crippen LogP contribution < -0.4 is 5.32 Å². The lowest BCUT2D eigenvalue weighted by Crippen LogP contribution is -2.20. The van der Waals surface area contributed by atoms with E-state index in [0.717, 1.165) is 45.1 Å². The summed E-state index contributed by atoms with van der Waals surface area (Å²) in [6, 6.07) is 26.2. The van der Waals surface area contributed by atoms with E-state index in [-0.39, 0.29) is 12.3 Å². The molecule has 0 bridgehead atoms. The molecular weight excluding hydrogens is 627 g/mol. The predicted molar refractivity (Wildman–Crippen MR) is 220 cm³/mol. The Hall–Kier alpha value is -4.18. The van der Waals surface area contributed by atoms with E-state index in [0.29, 0.717) is 6.42 Å². The highest BCUT2D eigenvalue weighted by molar-refractivity contribution is 5.75. The van der Waals surface area contributed by atoms with Crippen LogP contribution in [0.3, 0.4) is 0 Å². The van der Waals surface area contributed by atoms with Crippen LogP contribution in [0.5, 0.6) is 0 Å². The number of benzene rings is 3. The van der Waals surface area contributed by atoms with Crippen LogP contribution in [0.2, 0.25) is 0 Å². The van der Waals surface area contributed by atoms with Crippen LogP contribution in [0.4, 0.5) is 0 Å². The Balaban J connectivity index is 0.000000323. The molecule has 0 atom stereocenters. The van der Waals surface area contributed by atoms with Gasteiger partial charge in [-0.05, 0) is 120 Å². The van der Waals surface area contributed by atoms with Gasteiger partial charge in [0.2, 0.25) is 5.91 Å². The molecule has 1 amide bonds. The molecular formula is C47H67NO3. The summed E-state index contributed by atoms with van der Waals surface area (Å²) < 4.78 is 0. The lowest BCUT2D eigenvalue weighted by atomic mass is 9.88. The number of rotatable bonds is 3. The van der Waals surface area contributed by atoms with E-state index in [9.17, 15) is 9.59 Å². The Kier molecular flexibility index (Phi) is 21.9. The molecule has 0 heterocycles. The third-order valence-corrected chi connectivity index (χ3v) is 9.27. The fraction of sp³-hybridized carbons (Fsp3) is 0.447. The number of hydrogen-bond donors (Lipinski definition) is 2. The Bertz CT molecular complexity index is 1360. The van der Waals surface area contributed by atoms with E-state index < -0.39 is 5.97 Å². The first kappa shape index (κ1) is 44.8. The molecule has 278 valence electrons. The summed E-state index contributed by atoms with van der Waals surface area (Å²) in [5.41, 5.74) is 18.4. The lowest BCUT2D eigenvalue weighted by molar-refractivity contribution is -0.136. The van der Waals surface area contributed by atoms with Gasteiger partial charge < -0.3 is 10.4 Å². The average molecular weight is 694 g/mol. The molecule has 3 aliphatic rings. The second-order valence-corrected chi connectivity index (χ2v) is 13.8. The quantitative estimate of drug-likeness (QED) is 0.268. The van der Waals surface area contributed by atoms with Gasteiger partial charge >= 0.3 is 5.97 Å². The van der Waals surface area contributed by atoms with Crippen molar-refractivity contribution in [2.24, 2.45) is 0 Å². The van der Waals surface area contributed by atoms with E-state index in [2.05, 4.69) is 134 Å². The molecule has 0 aliphatic heterocycles. The summed E-state index contributed by atoms with van der Waals surface area (Å²) in [4.78, 5) is 19.7. The highest BCUT2D eigenvalue weighted by Crippen LogP contribution is 2.27. The van der Waals surface area contributed by atoms with Gasteiger partial charge in [0.1, 0.15) is 0 Å². The van der Waals surface area contributed by atoms with Gasteiger partial charge in [-0.2, -0.15) is 0 Å². The number of aliphatic carboxylic acids is 1. The molecule has 0 aromatic heterocycles. The zero-order valence-electron chi connectivity index (χ0n) is 33.8. The Labute approximate surface area is 311 Å². The zero-order chi connectivity index (χ0) is 38.3. The Morgan fingerprint density at radius 2 is 0.667 bits per heavy atom. The van der Waals surface area contributed by atoms with Crippen molar-refractivity contribution in [1.29, 1.82) is 0 Å². The highest BCUT2D eigenvalue weighted by atomic mass is 16.4. The molecule has 0 unspecified atom stereocenters. The smallest absolute Gasteiger partial charge is 0.303 e. The number of carbonyl (C=O) groups excluding carboxylic acids is 1. The summed E-state index contributed by atoms with van der Waals surface area (Å²) in [7, 11) is 0. The van der Waals surface area contributed by atoms with E-state index >= 15 is 0 Å². The van der Waals surface area contributed by atoms with Crippen molar-refractivity contribution >= 4 is 11.9 Å². The third-order valence-electron chi connectivity index (χ3n) is 9.27. The van der Waals surface area contributed by atoms with Crippen LogP contribution >= 0.6 is 0 Å².